The molecule has 2 N–H and O–H groups in total. The van der Waals surface area contributed by atoms with Gasteiger partial charge in [-0.3, -0.25) is 4.98 Å². The van der Waals surface area contributed by atoms with Crippen LogP contribution in [0.25, 0.3) is 16.7 Å². The van der Waals surface area contributed by atoms with Crippen molar-refractivity contribution < 1.29 is 10.2 Å². The number of fused-ring (bicyclic) bond motifs is 1. The third-order valence-corrected chi connectivity index (χ3v) is 2.95. The third kappa shape index (κ3) is 2.38. The fourth-order valence-electron chi connectivity index (χ4n) is 2.12. The topological polar surface area (TPSA) is 84.1 Å². The normalized spacial score (nSPS) is 11.9. The van der Waals surface area contributed by atoms with E-state index in [0.29, 0.717) is 11.4 Å². The predicted octanol–water partition coefficient (Wildman–Crippen LogP) is 1.06. The van der Waals surface area contributed by atoms with Crippen molar-refractivity contribution >= 4 is 11.0 Å². The second-order valence-corrected chi connectivity index (χ2v) is 4.85. The van der Waals surface area contributed by atoms with Crippen molar-refractivity contribution in [3.8, 4) is 5.69 Å². The molecule has 0 amide bonds. The number of aliphatic hydroxyl groups is 2. The summed E-state index contributed by atoms with van der Waals surface area (Å²) in [5, 5.41) is 27.4. The zero-order valence-corrected chi connectivity index (χ0v) is 10.9. The summed E-state index contributed by atoms with van der Waals surface area (Å²) in [5.41, 5.74) is 2.86. The van der Waals surface area contributed by atoms with Crippen LogP contribution in [0.5, 0.6) is 0 Å². The Morgan fingerprint density at radius 1 is 1.15 bits per heavy atom. The molecule has 6 heteroatoms. The van der Waals surface area contributed by atoms with Gasteiger partial charge in [0.1, 0.15) is 5.52 Å². The molecule has 2 heterocycles. The number of rotatable bonds is 3. The minimum atomic E-state index is -1.82. The summed E-state index contributed by atoms with van der Waals surface area (Å²) in [6.07, 6.45) is 1.63. The first-order valence-electron chi connectivity index (χ1n) is 6.24. The van der Waals surface area contributed by atoms with E-state index in [4.69, 9.17) is 0 Å². The van der Waals surface area contributed by atoms with Gasteiger partial charge >= 0.3 is 0 Å². The lowest BCUT2D eigenvalue weighted by Gasteiger charge is -2.17. The van der Waals surface area contributed by atoms with Crippen LogP contribution in [0.2, 0.25) is 0 Å². The zero-order chi connectivity index (χ0) is 14.2. The highest BCUT2D eigenvalue weighted by Gasteiger charge is 2.20. The summed E-state index contributed by atoms with van der Waals surface area (Å²) in [6.45, 7) is 1.32. The molecule has 0 bridgehead atoms. The van der Waals surface area contributed by atoms with Crippen molar-refractivity contribution in [3.63, 3.8) is 0 Å². The fourth-order valence-corrected chi connectivity index (χ4v) is 2.12. The molecular formula is C14H14N4O2. The Labute approximate surface area is 115 Å². The molecule has 3 aromatic rings. The molecule has 20 heavy (non-hydrogen) atoms. The number of hydrogen-bond acceptors (Lipinski definition) is 5. The maximum Gasteiger partial charge on any atom is 0.165 e. The average Bonchev–Trinajstić information content (AvgIpc) is 2.81. The van der Waals surface area contributed by atoms with E-state index in [9.17, 15) is 10.2 Å². The van der Waals surface area contributed by atoms with Crippen molar-refractivity contribution in [2.75, 3.05) is 0 Å². The van der Waals surface area contributed by atoms with Gasteiger partial charge in [-0.1, -0.05) is 17.3 Å². The van der Waals surface area contributed by atoms with Gasteiger partial charge in [0.2, 0.25) is 0 Å². The largest absolute Gasteiger partial charge is 0.366 e. The van der Waals surface area contributed by atoms with Gasteiger partial charge in [0.25, 0.3) is 0 Å². The summed E-state index contributed by atoms with van der Waals surface area (Å²) in [6, 6.07) is 11.2. The molecule has 0 saturated carbocycles. The molecule has 0 aliphatic rings. The molecule has 0 saturated heterocycles. The van der Waals surface area contributed by atoms with Gasteiger partial charge < -0.3 is 10.2 Å². The molecule has 0 fully saturated rings. The number of pyridine rings is 1. The Balaban J connectivity index is 2.15. The second kappa shape index (κ2) is 4.66. The van der Waals surface area contributed by atoms with Crippen LogP contribution < -0.4 is 0 Å². The second-order valence-electron chi connectivity index (χ2n) is 4.85. The molecule has 3 rings (SSSR count). The first-order chi connectivity index (χ1) is 9.54. The highest BCUT2D eigenvalue weighted by atomic mass is 16.5. The quantitative estimate of drug-likeness (QED) is 0.695. The first-order valence-corrected chi connectivity index (χ1v) is 6.24. The SMILES string of the molecule is CC(O)(O)Cc1ncccc1-n1nnc2ccccc21. The Morgan fingerprint density at radius 2 is 1.95 bits per heavy atom. The minimum absolute atomic E-state index is 0.0113. The van der Waals surface area contributed by atoms with E-state index < -0.39 is 5.79 Å². The van der Waals surface area contributed by atoms with Gasteiger partial charge in [0, 0.05) is 12.6 Å². The zero-order valence-electron chi connectivity index (χ0n) is 10.9. The maximum atomic E-state index is 9.58. The Morgan fingerprint density at radius 3 is 2.75 bits per heavy atom. The van der Waals surface area contributed by atoms with Crippen LogP contribution in [0.1, 0.15) is 12.6 Å². The molecule has 6 nitrogen and oxygen atoms in total. The van der Waals surface area contributed by atoms with E-state index in [1.807, 2.05) is 30.3 Å². The monoisotopic (exact) mass is 270 g/mol. The molecule has 2 aromatic heterocycles. The molecule has 0 unspecified atom stereocenters. The summed E-state index contributed by atoms with van der Waals surface area (Å²) >= 11 is 0. The van der Waals surface area contributed by atoms with Crippen LogP contribution >= 0.6 is 0 Å². The molecule has 102 valence electrons. The first kappa shape index (κ1) is 12.7. The van der Waals surface area contributed by atoms with E-state index >= 15 is 0 Å². The van der Waals surface area contributed by atoms with E-state index in [1.54, 1.807) is 16.9 Å². The average molecular weight is 270 g/mol. The van der Waals surface area contributed by atoms with Crippen LogP contribution in [0.15, 0.2) is 42.6 Å². The van der Waals surface area contributed by atoms with E-state index in [-0.39, 0.29) is 6.42 Å². The van der Waals surface area contributed by atoms with Gasteiger partial charge in [-0.05, 0) is 31.2 Å². The van der Waals surface area contributed by atoms with Crippen molar-refractivity contribution in [2.45, 2.75) is 19.1 Å². The van der Waals surface area contributed by atoms with Crippen LogP contribution in [0.4, 0.5) is 0 Å². The summed E-state index contributed by atoms with van der Waals surface area (Å²) in [5.74, 6) is -1.82. The number of aromatic nitrogens is 4. The van der Waals surface area contributed by atoms with E-state index in [2.05, 4.69) is 15.3 Å². The summed E-state index contributed by atoms with van der Waals surface area (Å²) in [7, 11) is 0. The third-order valence-electron chi connectivity index (χ3n) is 2.95. The van der Waals surface area contributed by atoms with Crippen molar-refractivity contribution in [1.29, 1.82) is 0 Å². The highest BCUT2D eigenvalue weighted by Crippen LogP contribution is 2.20. The van der Waals surface area contributed by atoms with Crippen LogP contribution in [0.3, 0.4) is 0 Å². The van der Waals surface area contributed by atoms with Gasteiger partial charge in [-0.15, -0.1) is 5.10 Å². The number of para-hydroxylation sites is 1. The lowest BCUT2D eigenvalue weighted by Crippen LogP contribution is -2.27. The molecule has 0 radical (unpaired) electrons. The minimum Gasteiger partial charge on any atom is -0.366 e. The number of nitrogens with zero attached hydrogens (tertiary/aromatic N) is 4. The van der Waals surface area contributed by atoms with Gasteiger partial charge in [-0.2, -0.15) is 0 Å². The Bertz CT molecular complexity index is 746. The van der Waals surface area contributed by atoms with Crippen molar-refractivity contribution in [2.24, 2.45) is 0 Å². The maximum absolute atomic E-state index is 9.58. The Hall–Kier alpha value is -2.31. The molecule has 1 aromatic carbocycles. The summed E-state index contributed by atoms with van der Waals surface area (Å²) < 4.78 is 1.66. The van der Waals surface area contributed by atoms with Gasteiger partial charge in [-0.25, -0.2) is 4.68 Å². The number of benzene rings is 1. The van der Waals surface area contributed by atoms with Crippen LogP contribution in [-0.2, 0) is 6.42 Å². The van der Waals surface area contributed by atoms with E-state index in [1.165, 1.54) is 6.92 Å². The highest BCUT2D eigenvalue weighted by molar-refractivity contribution is 5.76. The molecule has 0 spiro atoms. The fraction of sp³-hybridized carbons (Fsp3) is 0.214. The molecule has 0 aliphatic carbocycles. The molecule has 0 atom stereocenters. The van der Waals surface area contributed by atoms with Gasteiger partial charge in [0.05, 0.1) is 16.9 Å². The number of hydrogen-bond donors (Lipinski definition) is 2. The van der Waals surface area contributed by atoms with Gasteiger partial charge in [0.15, 0.2) is 5.79 Å². The summed E-state index contributed by atoms with van der Waals surface area (Å²) in [4.78, 5) is 4.22. The lowest BCUT2D eigenvalue weighted by molar-refractivity contribution is -0.143. The molecular weight excluding hydrogens is 256 g/mol. The lowest BCUT2D eigenvalue weighted by atomic mass is 10.1. The van der Waals surface area contributed by atoms with Crippen LogP contribution in [-0.4, -0.2) is 36.0 Å². The predicted molar refractivity (Wildman–Crippen MR) is 73.2 cm³/mol. The van der Waals surface area contributed by atoms with Crippen molar-refractivity contribution in [1.82, 2.24) is 20.0 Å². The van der Waals surface area contributed by atoms with Crippen molar-refractivity contribution in [3.05, 3.63) is 48.3 Å². The smallest absolute Gasteiger partial charge is 0.165 e. The van der Waals surface area contributed by atoms with E-state index in [0.717, 1.165) is 11.0 Å². The van der Waals surface area contributed by atoms with Crippen LogP contribution in [0, 0.1) is 0 Å². The Kier molecular flexibility index (Phi) is 2.96. The molecule has 0 aliphatic heterocycles. The standard InChI is InChI=1S/C14H14N4O2/c1-14(19,20)9-11-13(7-4-8-15-11)18-12-6-3-2-5-10(12)16-17-18/h2-8,19-20H,9H2,1H3.